The van der Waals surface area contributed by atoms with E-state index in [2.05, 4.69) is 30.6 Å². The Hall–Kier alpha value is -2.41. The molecule has 0 aliphatic rings. The summed E-state index contributed by atoms with van der Waals surface area (Å²) in [6.07, 6.45) is 1.51. The molecule has 0 spiro atoms. The molecule has 1 aromatic carbocycles. The van der Waals surface area contributed by atoms with Crippen LogP contribution in [-0.4, -0.2) is 27.0 Å². The van der Waals surface area contributed by atoms with Crippen molar-refractivity contribution in [2.45, 2.75) is 0 Å². The monoisotopic (exact) mass is 292 g/mol. The fourth-order valence-electron chi connectivity index (χ4n) is 1.76. The number of hydrogen-bond acceptors (Lipinski definition) is 5. The average molecular weight is 293 g/mol. The van der Waals surface area contributed by atoms with Gasteiger partial charge in [-0.1, -0.05) is 11.6 Å². The number of H-pyrrole nitrogens is 1. The molecule has 20 heavy (non-hydrogen) atoms. The summed E-state index contributed by atoms with van der Waals surface area (Å²) in [7, 11) is 1.70. The van der Waals surface area contributed by atoms with Crippen molar-refractivity contribution in [1.29, 1.82) is 0 Å². The molecule has 2 heterocycles. The molecule has 3 N–H and O–H groups in total. The molecule has 2 aromatic heterocycles. The molecule has 0 unspecified atom stereocenters. The van der Waals surface area contributed by atoms with Gasteiger partial charge in [-0.05, 0) is 18.2 Å². The summed E-state index contributed by atoms with van der Waals surface area (Å²) in [6.45, 7) is 0. The average Bonchev–Trinajstić information content (AvgIpc) is 2.91. The van der Waals surface area contributed by atoms with Crippen LogP contribution < -0.4 is 10.6 Å². The van der Waals surface area contributed by atoms with Crippen molar-refractivity contribution in [2.24, 2.45) is 0 Å². The summed E-state index contributed by atoms with van der Waals surface area (Å²) < 4.78 is 13.3. The summed E-state index contributed by atoms with van der Waals surface area (Å²) in [4.78, 5) is 15.5. The lowest BCUT2D eigenvalue weighted by atomic mass is 10.3. The first-order chi connectivity index (χ1) is 9.67. The molecule has 0 aliphatic heterocycles. The van der Waals surface area contributed by atoms with E-state index in [4.69, 9.17) is 11.6 Å². The number of halogens is 2. The van der Waals surface area contributed by atoms with Crippen LogP contribution in [-0.2, 0) is 0 Å². The number of benzene rings is 1. The maximum atomic E-state index is 13.3. The molecule has 6 nitrogen and oxygen atoms in total. The zero-order chi connectivity index (χ0) is 14.1. The number of hydrogen-bond donors (Lipinski definition) is 3. The fraction of sp³-hybridized carbons (Fsp3) is 0.0833. The first kappa shape index (κ1) is 12.6. The van der Waals surface area contributed by atoms with Crippen LogP contribution in [0.5, 0.6) is 0 Å². The minimum atomic E-state index is -0.388. The molecule has 3 aromatic rings. The Kier molecular flexibility index (Phi) is 3.11. The van der Waals surface area contributed by atoms with Gasteiger partial charge in [-0.2, -0.15) is 9.97 Å². The standard InChI is InChI=1S/C12H10ClFN6/c1-15-12-19-10-9(16-5-17-10)11(20-12)18-8-4-6(14)2-3-7(8)13/h2-5H,1H3,(H3,15,16,17,18,19,20). The molecule has 0 saturated heterocycles. The molecule has 102 valence electrons. The highest BCUT2D eigenvalue weighted by atomic mass is 35.5. The van der Waals surface area contributed by atoms with Crippen LogP contribution >= 0.6 is 11.6 Å². The van der Waals surface area contributed by atoms with E-state index in [1.807, 2.05) is 0 Å². The van der Waals surface area contributed by atoms with E-state index in [-0.39, 0.29) is 5.82 Å². The highest BCUT2D eigenvalue weighted by molar-refractivity contribution is 6.33. The molecule has 8 heteroatoms. The molecule has 3 rings (SSSR count). The number of rotatable bonds is 3. The van der Waals surface area contributed by atoms with Crippen LogP contribution in [0.25, 0.3) is 11.2 Å². The van der Waals surface area contributed by atoms with Crippen LogP contribution in [0.4, 0.5) is 21.8 Å². The predicted octanol–water partition coefficient (Wildman–Crippen LogP) is 2.93. The number of fused-ring (bicyclic) bond motifs is 1. The van der Waals surface area contributed by atoms with Crippen LogP contribution in [0.1, 0.15) is 0 Å². The normalized spacial score (nSPS) is 10.8. The fourth-order valence-corrected chi connectivity index (χ4v) is 1.92. The second-order valence-corrected chi connectivity index (χ2v) is 4.40. The minimum Gasteiger partial charge on any atom is -0.357 e. The van der Waals surface area contributed by atoms with E-state index >= 15 is 0 Å². The summed E-state index contributed by atoms with van der Waals surface area (Å²) in [5, 5.41) is 6.21. The van der Waals surface area contributed by atoms with Gasteiger partial charge in [0.05, 0.1) is 17.0 Å². The molecule has 0 atom stereocenters. The van der Waals surface area contributed by atoms with E-state index in [1.165, 1.54) is 24.5 Å². The number of imidazole rings is 1. The molecule has 0 fully saturated rings. The Balaban J connectivity index is 2.09. The number of nitrogens with zero attached hydrogens (tertiary/aromatic N) is 3. The van der Waals surface area contributed by atoms with Gasteiger partial charge < -0.3 is 15.6 Å². The van der Waals surface area contributed by atoms with E-state index in [0.29, 0.717) is 33.6 Å². The van der Waals surface area contributed by atoms with Crippen molar-refractivity contribution in [3.63, 3.8) is 0 Å². The predicted molar refractivity (Wildman–Crippen MR) is 75.9 cm³/mol. The van der Waals surface area contributed by atoms with Gasteiger partial charge in [0.15, 0.2) is 11.5 Å². The van der Waals surface area contributed by atoms with Gasteiger partial charge >= 0.3 is 0 Å². The van der Waals surface area contributed by atoms with Crippen LogP contribution in [0, 0.1) is 5.82 Å². The molecule has 0 amide bonds. The lowest BCUT2D eigenvalue weighted by Crippen LogP contribution is -2.02. The lowest BCUT2D eigenvalue weighted by molar-refractivity contribution is 0.628. The summed E-state index contributed by atoms with van der Waals surface area (Å²) in [5.74, 6) is 0.477. The SMILES string of the molecule is CNc1nc(Nc2cc(F)ccc2Cl)c2[nH]cnc2n1. The van der Waals surface area contributed by atoms with Gasteiger partial charge in [-0.15, -0.1) is 0 Å². The van der Waals surface area contributed by atoms with Crippen molar-refractivity contribution >= 4 is 40.2 Å². The van der Waals surface area contributed by atoms with Gasteiger partial charge in [-0.3, -0.25) is 0 Å². The first-order valence-electron chi connectivity index (χ1n) is 5.78. The van der Waals surface area contributed by atoms with E-state index < -0.39 is 0 Å². The number of aromatic amines is 1. The van der Waals surface area contributed by atoms with Crippen LogP contribution in [0.15, 0.2) is 24.5 Å². The maximum Gasteiger partial charge on any atom is 0.226 e. The lowest BCUT2D eigenvalue weighted by Gasteiger charge is -2.09. The Bertz CT molecular complexity index is 772. The third kappa shape index (κ3) is 2.23. The van der Waals surface area contributed by atoms with Crippen molar-refractivity contribution in [3.8, 4) is 0 Å². The quantitative estimate of drug-likeness (QED) is 0.692. The molecule has 0 aliphatic carbocycles. The largest absolute Gasteiger partial charge is 0.357 e. The first-order valence-corrected chi connectivity index (χ1v) is 6.16. The maximum absolute atomic E-state index is 13.3. The van der Waals surface area contributed by atoms with Gasteiger partial charge in [0.1, 0.15) is 11.3 Å². The second kappa shape index (κ2) is 4.93. The Morgan fingerprint density at radius 1 is 1.30 bits per heavy atom. The van der Waals surface area contributed by atoms with Gasteiger partial charge in [-0.25, -0.2) is 9.37 Å². The Morgan fingerprint density at radius 3 is 2.95 bits per heavy atom. The van der Waals surface area contributed by atoms with Crippen molar-refractivity contribution in [1.82, 2.24) is 19.9 Å². The van der Waals surface area contributed by atoms with Crippen molar-refractivity contribution < 1.29 is 4.39 Å². The van der Waals surface area contributed by atoms with Gasteiger partial charge in [0.2, 0.25) is 5.95 Å². The highest BCUT2D eigenvalue weighted by Gasteiger charge is 2.11. The topological polar surface area (TPSA) is 78.5 Å². The third-order valence-electron chi connectivity index (χ3n) is 2.69. The molecular weight excluding hydrogens is 283 g/mol. The minimum absolute atomic E-state index is 0.388. The Labute approximate surface area is 118 Å². The summed E-state index contributed by atoms with van der Waals surface area (Å²) in [6, 6.07) is 4.06. The van der Waals surface area contributed by atoms with Crippen molar-refractivity contribution in [3.05, 3.63) is 35.4 Å². The van der Waals surface area contributed by atoms with Crippen LogP contribution in [0.3, 0.4) is 0 Å². The number of anilines is 3. The number of nitrogens with one attached hydrogen (secondary N) is 3. The van der Waals surface area contributed by atoms with Crippen molar-refractivity contribution in [2.75, 3.05) is 17.7 Å². The van der Waals surface area contributed by atoms with Crippen LogP contribution in [0.2, 0.25) is 5.02 Å². The zero-order valence-electron chi connectivity index (χ0n) is 10.4. The van der Waals surface area contributed by atoms with Gasteiger partial charge in [0, 0.05) is 7.05 Å². The van der Waals surface area contributed by atoms with E-state index in [1.54, 1.807) is 7.05 Å². The van der Waals surface area contributed by atoms with E-state index in [9.17, 15) is 4.39 Å². The zero-order valence-corrected chi connectivity index (χ0v) is 11.2. The number of aromatic nitrogens is 4. The highest BCUT2D eigenvalue weighted by Crippen LogP contribution is 2.28. The molecular formula is C12H10ClFN6. The smallest absolute Gasteiger partial charge is 0.226 e. The Morgan fingerprint density at radius 2 is 2.15 bits per heavy atom. The molecule has 0 saturated carbocycles. The summed E-state index contributed by atoms with van der Waals surface area (Å²) in [5.41, 5.74) is 1.53. The third-order valence-corrected chi connectivity index (χ3v) is 3.02. The van der Waals surface area contributed by atoms with Gasteiger partial charge in [0.25, 0.3) is 0 Å². The summed E-state index contributed by atoms with van der Waals surface area (Å²) >= 11 is 6.03. The van der Waals surface area contributed by atoms with E-state index in [0.717, 1.165) is 0 Å². The molecule has 0 radical (unpaired) electrons. The molecule has 0 bridgehead atoms. The second-order valence-electron chi connectivity index (χ2n) is 4.00.